The van der Waals surface area contributed by atoms with Crippen LogP contribution < -0.4 is 4.74 Å². The molecule has 1 aromatic heterocycles. The number of ether oxygens (including phenoxy) is 1. The van der Waals surface area contributed by atoms with Crippen molar-refractivity contribution >= 4 is 16.3 Å². The molecule has 0 fully saturated rings. The molecule has 1 N–H and O–H groups in total. The van der Waals surface area contributed by atoms with Gasteiger partial charge in [-0.2, -0.15) is 0 Å². The van der Waals surface area contributed by atoms with Crippen molar-refractivity contribution in [3.05, 3.63) is 78.1 Å². The van der Waals surface area contributed by atoms with Gasteiger partial charge in [0.15, 0.2) is 0 Å². The van der Waals surface area contributed by atoms with E-state index in [4.69, 9.17) is 4.74 Å². The SMILES string of the molecule is OC1C(c2ncccc2F)=COc2ccc3ccccc3c21. The van der Waals surface area contributed by atoms with Crippen molar-refractivity contribution in [1.82, 2.24) is 4.98 Å². The molecule has 22 heavy (non-hydrogen) atoms. The number of rotatable bonds is 1. The van der Waals surface area contributed by atoms with Gasteiger partial charge in [0.25, 0.3) is 0 Å². The van der Waals surface area contributed by atoms with Gasteiger partial charge in [-0.3, -0.25) is 4.98 Å². The summed E-state index contributed by atoms with van der Waals surface area (Å²) in [6, 6.07) is 14.3. The van der Waals surface area contributed by atoms with Crippen molar-refractivity contribution in [2.45, 2.75) is 6.10 Å². The first-order valence-corrected chi connectivity index (χ1v) is 6.93. The van der Waals surface area contributed by atoms with Gasteiger partial charge in [0.1, 0.15) is 23.4 Å². The molecule has 2 aromatic carbocycles. The highest BCUT2D eigenvalue weighted by Crippen LogP contribution is 2.42. The third-order valence-corrected chi connectivity index (χ3v) is 3.84. The van der Waals surface area contributed by atoms with Crippen LogP contribution in [0.5, 0.6) is 5.75 Å². The highest BCUT2D eigenvalue weighted by molar-refractivity contribution is 5.91. The Morgan fingerprint density at radius 2 is 1.91 bits per heavy atom. The van der Waals surface area contributed by atoms with Crippen LogP contribution in [0.25, 0.3) is 16.3 Å². The van der Waals surface area contributed by atoms with Gasteiger partial charge >= 0.3 is 0 Å². The van der Waals surface area contributed by atoms with Gasteiger partial charge in [-0.1, -0.05) is 30.3 Å². The molecule has 0 saturated heterocycles. The summed E-state index contributed by atoms with van der Waals surface area (Å²) < 4.78 is 19.6. The van der Waals surface area contributed by atoms with Crippen molar-refractivity contribution in [3.63, 3.8) is 0 Å². The summed E-state index contributed by atoms with van der Waals surface area (Å²) in [5.41, 5.74) is 1.07. The zero-order valence-corrected chi connectivity index (χ0v) is 11.5. The zero-order valence-electron chi connectivity index (χ0n) is 11.5. The first-order chi connectivity index (χ1) is 10.8. The van der Waals surface area contributed by atoms with Gasteiger partial charge in [0.2, 0.25) is 0 Å². The second-order valence-corrected chi connectivity index (χ2v) is 5.13. The van der Waals surface area contributed by atoms with E-state index < -0.39 is 11.9 Å². The average molecular weight is 293 g/mol. The van der Waals surface area contributed by atoms with E-state index in [0.29, 0.717) is 16.9 Å². The second-order valence-electron chi connectivity index (χ2n) is 5.13. The van der Waals surface area contributed by atoms with Crippen molar-refractivity contribution < 1.29 is 14.2 Å². The zero-order chi connectivity index (χ0) is 15.1. The number of benzene rings is 2. The molecule has 0 spiro atoms. The maximum Gasteiger partial charge on any atom is 0.149 e. The molecule has 0 amide bonds. The van der Waals surface area contributed by atoms with Gasteiger partial charge < -0.3 is 9.84 Å². The Morgan fingerprint density at radius 3 is 2.77 bits per heavy atom. The first-order valence-electron chi connectivity index (χ1n) is 6.93. The lowest BCUT2D eigenvalue weighted by molar-refractivity contribution is 0.225. The van der Waals surface area contributed by atoms with E-state index in [2.05, 4.69) is 4.98 Å². The summed E-state index contributed by atoms with van der Waals surface area (Å²) in [6.45, 7) is 0. The summed E-state index contributed by atoms with van der Waals surface area (Å²) in [4.78, 5) is 4.02. The van der Waals surface area contributed by atoms with Gasteiger partial charge in [0, 0.05) is 17.3 Å². The van der Waals surface area contributed by atoms with Crippen molar-refractivity contribution in [2.75, 3.05) is 0 Å². The van der Waals surface area contributed by atoms with Crippen LogP contribution >= 0.6 is 0 Å². The average Bonchev–Trinajstić information content (AvgIpc) is 2.56. The number of fused-ring (bicyclic) bond motifs is 3. The fourth-order valence-corrected chi connectivity index (χ4v) is 2.79. The maximum atomic E-state index is 14.0. The van der Waals surface area contributed by atoms with E-state index in [1.54, 1.807) is 0 Å². The van der Waals surface area contributed by atoms with Gasteiger partial charge in [-0.15, -0.1) is 0 Å². The molecule has 0 bridgehead atoms. The molecule has 0 saturated carbocycles. The topological polar surface area (TPSA) is 42.4 Å². The van der Waals surface area contributed by atoms with E-state index >= 15 is 0 Å². The van der Waals surface area contributed by atoms with E-state index in [1.807, 2.05) is 36.4 Å². The van der Waals surface area contributed by atoms with Crippen molar-refractivity contribution in [2.24, 2.45) is 0 Å². The molecule has 1 aliphatic heterocycles. The first kappa shape index (κ1) is 13.0. The summed E-state index contributed by atoms with van der Waals surface area (Å²) in [5, 5.41) is 12.6. The van der Waals surface area contributed by atoms with Crippen LogP contribution in [-0.2, 0) is 0 Å². The number of halogens is 1. The number of aliphatic hydroxyl groups is 1. The lowest BCUT2D eigenvalue weighted by atomic mass is 9.92. The van der Waals surface area contributed by atoms with Gasteiger partial charge in [0.05, 0.1) is 6.26 Å². The Bertz CT molecular complexity index is 904. The minimum Gasteiger partial charge on any atom is -0.464 e. The van der Waals surface area contributed by atoms with Crippen LogP contribution in [0.15, 0.2) is 61.0 Å². The lowest BCUT2D eigenvalue weighted by Crippen LogP contribution is -2.12. The number of hydrogen-bond acceptors (Lipinski definition) is 3. The molecule has 0 radical (unpaired) electrons. The highest BCUT2D eigenvalue weighted by Gasteiger charge is 2.28. The van der Waals surface area contributed by atoms with Gasteiger partial charge in [-0.25, -0.2) is 4.39 Å². The van der Waals surface area contributed by atoms with E-state index in [0.717, 1.165) is 10.8 Å². The molecule has 3 nitrogen and oxygen atoms in total. The Kier molecular flexibility index (Phi) is 2.91. The molecular formula is C18H12FNO2. The lowest BCUT2D eigenvalue weighted by Gasteiger charge is -2.24. The molecule has 1 unspecified atom stereocenters. The smallest absolute Gasteiger partial charge is 0.149 e. The molecule has 3 aromatic rings. The predicted octanol–water partition coefficient (Wildman–Crippen LogP) is 3.84. The fourth-order valence-electron chi connectivity index (χ4n) is 2.79. The van der Waals surface area contributed by atoms with Crippen LogP contribution in [0, 0.1) is 5.82 Å². The minimum atomic E-state index is -0.987. The Morgan fingerprint density at radius 1 is 1.05 bits per heavy atom. The van der Waals surface area contributed by atoms with E-state index in [1.165, 1.54) is 24.6 Å². The summed E-state index contributed by atoms with van der Waals surface area (Å²) in [7, 11) is 0. The number of hydrogen-bond donors (Lipinski definition) is 1. The molecule has 1 aliphatic rings. The number of nitrogens with zero attached hydrogens (tertiary/aromatic N) is 1. The second kappa shape index (κ2) is 4.93. The standard InChI is InChI=1S/C18H12FNO2/c19-14-6-3-9-20-17(14)13-10-22-15-8-7-11-4-1-2-5-12(11)16(15)18(13)21/h1-10,18,21H. The molecular weight excluding hydrogens is 281 g/mol. The van der Waals surface area contributed by atoms with Crippen LogP contribution in [0.3, 0.4) is 0 Å². The third kappa shape index (κ3) is 1.89. The minimum absolute atomic E-state index is 0.105. The van der Waals surface area contributed by atoms with Crippen LogP contribution in [0.2, 0.25) is 0 Å². The summed E-state index contributed by atoms with van der Waals surface area (Å²) in [5.74, 6) is 0.0892. The third-order valence-electron chi connectivity index (χ3n) is 3.84. The van der Waals surface area contributed by atoms with Crippen molar-refractivity contribution in [3.8, 4) is 5.75 Å². The predicted molar refractivity (Wildman–Crippen MR) is 81.7 cm³/mol. The van der Waals surface area contributed by atoms with Crippen LogP contribution in [0.1, 0.15) is 17.4 Å². The molecule has 108 valence electrons. The van der Waals surface area contributed by atoms with E-state index in [-0.39, 0.29) is 5.69 Å². The largest absolute Gasteiger partial charge is 0.464 e. The maximum absolute atomic E-state index is 14.0. The molecule has 4 heteroatoms. The number of aliphatic hydroxyl groups excluding tert-OH is 1. The van der Waals surface area contributed by atoms with Crippen LogP contribution in [0.4, 0.5) is 4.39 Å². The van der Waals surface area contributed by atoms with E-state index in [9.17, 15) is 9.50 Å². The Balaban J connectivity index is 1.91. The Labute approximate surface area is 126 Å². The monoisotopic (exact) mass is 293 g/mol. The summed E-state index contributed by atoms with van der Waals surface area (Å²) >= 11 is 0. The van der Waals surface area contributed by atoms with Crippen molar-refractivity contribution in [1.29, 1.82) is 0 Å². The molecule has 2 heterocycles. The fraction of sp³-hybridized carbons (Fsp3) is 0.0556. The highest BCUT2D eigenvalue weighted by atomic mass is 19.1. The molecule has 1 atom stereocenters. The quantitative estimate of drug-likeness (QED) is 0.741. The van der Waals surface area contributed by atoms with Crippen LogP contribution in [-0.4, -0.2) is 10.1 Å². The molecule has 0 aliphatic carbocycles. The number of aromatic nitrogens is 1. The molecule has 4 rings (SSSR count). The summed E-state index contributed by atoms with van der Waals surface area (Å²) in [6.07, 6.45) is 1.87. The van der Waals surface area contributed by atoms with Gasteiger partial charge in [-0.05, 0) is 29.0 Å². The normalized spacial score (nSPS) is 16.8. The number of pyridine rings is 1. The Hall–Kier alpha value is -2.72.